The Bertz CT molecular complexity index is 3800. The van der Waals surface area contributed by atoms with Crippen molar-refractivity contribution in [3.05, 3.63) is 192 Å². The average molecular weight is 1450 g/mol. The molecule has 5 aromatic carbocycles. The van der Waals surface area contributed by atoms with Crippen LogP contribution < -0.4 is 16.8 Å². The molecule has 2 amide bonds. The van der Waals surface area contributed by atoms with E-state index in [-0.39, 0.29) is 69.5 Å². The predicted molar refractivity (Wildman–Crippen MR) is 370 cm³/mol. The maximum Gasteiger partial charge on any atom is 0.410 e. The molecule has 5 aliphatic carbocycles. The zero-order valence-electron chi connectivity index (χ0n) is 57.3. The molecule has 5 N–H and O–H groups in total. The third-order valence-corrected chi connectivity index (χ3v) is 18.1. The number of aromatic nitrogens is 2. The van der Waals surface area contributed by atoms with Crippen LogP contribution in [0.2, 0.25) is 0 Å². The van der Waals surface area contributed by atoms with E-state index in [1.807, 2.05) is 134 Å². The summed E-state index contributed by atoms with van der Waals surface area (Å²) in [5, 5.41) is 7.58. The molecule has 0 spiro atoms. The lowest BCUT2D eigenvalue weighted by Gasteiger charge is -2.30. The van der Waals surface area contributed by atoms with Crippen LogP contribution in [0.4, 0.5) is 4.79 Å². The van der Waals surface area contributed by atoms with Gasteiger partial charge in [-0.25, -0.2) is 14.4 Å². The van der Waals surface area contributed by atoms with E-state index in [0.717, 1.165) is 95.5 Å². The number of aryl methyl sites for hydroxylation is 1. The van der Waals surface area contributed by atoms with Crippen molar-refractivity contribution < 1.29 is 62.0 Å². The smallest absolute Gasteiger partial charge is 0.410 e. The van der Waals surface area contributed by atoms with Gasteiger partial charge in [0.1, 0.15) is 16.8 Å². The number of nitrogens with one attached hydrogen (secondary N) is 1. The zero-order chi connectivity index (χ0) is 70.7. The molecular formula is C75H92Br2N6O13. The average Bonchev–Trinajstić information content (AvgIpc) is 1.62. The minimum absolute atomic E-state index is 0.00375. The Hall–Kier alpha value is -7.81. The molecular weight excluding hydrogens is 1350 g/mol. The maximum atomic E-state index is 13.1. The second-order valence-electron chi connectivity index (χ2n) is 28.7. The van der Waals surface area contributed by atoms with Crippen LogP contribution in [0.15, 0.2) is 136 Å². The third kappa shape index (κ3) is 21.9. The van der Waals surface area contributed by atoms with Crippen LogP contribution in [0.5, 0.6) is 0 Å². The van der Waals surface area contributed by atoms with Gasteiger partial charge in [0.2, 0.25) is 0 Å². The van der Waals surface area contributed by atoms with Gasteiger partial charge in [0, 0.05) is 37.4 Å². The first-order chi connectivity index (χ1) is 45.0. The van der Waals surface area contributed by atoms with Crippen molar-refractivity contribution in [1.82, 2.24) is 20.0 Å². The number of hydrogen-bond donors (Lipinski definition) is 3. The van der Waals surface area contributed by atoms with Gasteiger partial charge >= 0.3 is 36.1 Å². The number of amides is 2. The number of nitrogens with zero attached hydrogens (tertiary/aromatic N) is 3. The fourth-order valence-electron chi connectivity index (χ4n) is 11.1. The highest BCUT2D eigenvalue weighted by atomic mass is 79.9. The summed E-state index contributed by atoms with van der Waals surface area (Å²) in [6.07, 6.45) is 12.5. The summed E-state index contributed by atoms with van der Waals surface area (Å²) in [5.74, 6) is -1.10. The van der Waals surface area contributed by atoms with Crippen molar-refractivity contribution in [2.45, 2.75) is 204 Å². The Balaban J connectivity index is 0.000000173. The van der Waals surface area contributed by atoms with Crippen molar-refractivity contribution in [2.24, 2.45) is 11.5 Å². The summed E-state index contributed by atoms with van der Waals surface area (Å²) >= 11 is 6.91. The van der Waals surface area contributed by atoms with E-state index in [2.05, 4.69) is 96.4 Å². The van der Waals surface area contributed by atoms with Gasteiger partial charge in [-0.05, 0) is 210 Å². The number of carbonyl (C=O) groups is 6. The summed E-state index contributed by atoms with van der Waals surface area (Å²) in [6, 6.07) is 39.5. The number of carbonyl (C=O) groups excluding carboxylic acids is 8. The standard InChI is InChI=1S/C22H28N4O3.C17H22O4.C15H19BrO2.C11H13NO2.C9H10BrN.CO2/c1-15-6-5-7-16(12-15)22(8-9-22)24-19(27)17-13-23-26-11-10-25(14-18(17)26)20(28)29-21(2,3)4;1-16(2,3)21-14(18)11-17(8-9-17)13-7-5-6-12(10-13)15(19)20-4;1-14(2,3)18-13(17)10-15(7-8-15)11-5-4-6-12(16)9-11;1-14-10(13)8-3-2-4-9(7-8)11(12)5-6-11;10-8-3-1-2-7(6-8)9(11)4-5-9;2-1-3/h5-7,12-13H,8-11,14H2,1-4H3,(H,24,27);5-7,10H,8-9,11H2,1-4H3;4-6,9H,7-8,10H2,1-3H3;2-4,7H,5-6,12H2,1H3;1-3,6H,4-5,11H2;. The van der Waals surface area contributed by atoms with E-state index in [4.69, 9.17) is 40.0 Å². The third-order valence-electron chi connectivity index (χ3n) is 17.1. The van der Waals surface area contributed by atoms with Gasteiger partial charge in [-0.15, -0.1) is 0 Å². The van der Waals surface area contributed by atoms with Crippen molar-refractivity contribution in [2.75, 3.05) is 20.8 Å². The highest BCUT2D eigenvalue weighted by molar-refractivity contribution is 9.10. The maximum absolute atomic E-state index is 13.1. The number of esters is 4. The molecule has 5 saturated carbocycles. The molecule has 1 aromatic heterocycles. The first-order valence-electron chi connectivity index (χ1n) is 32.3. The van der Waals surface area contributed by atoms with E-state index in [0.29, 0.717) is 49.2 Å². The van der Waals surface area contributed by atoms with E-state index in [1.54, 1.807) is 23.2 Å². The Labute approximate surface area is 580 Å². The first-order valence-corrected chi connectivity index (χ1v) is 33.9. The topological polar surface area (TPSA) is 268 Å². The van der Waals surface area contributed by atoms with Crippen molar-refractivity contribution in [1.29, 1.82) is 0 Å². The lowest BCUT2D eigenvalue weighted by Crippen LogP contribution is -2.42. The molecule has 96 heavy (non-hydrogen) atoms. The Morgan fingerprint density at radius 1 is 0.542 bits per heavy atom. The Morgan fingerprint density at radius 2 is 0.948 bits per heavy atom. The number of nitrogens with two attached hydrogens (primary N) is 2. The molecule has 5 fully saturated rings. The summed E-state index contributed by atoms with van der Waals surface area (Å²) in [4.78, 5) is 90.3. The number of fused-ring (bicyclic) bond motifs is 1. The number of benzene rings is 5. The molecule has 0 unspecified atom stereocenters. The SMILES string of the molecule is CC(C)(C)OC(=O)CC1(c2cccc(Br)c2)CC1.COC(=O)c1cccc(C2(CC(=O)OC(C)(C)C)CC2)c1.COC(=O)c1cccc(C2(N)CC2)c1.Cc1cccc(C2(NC(=O)c3cnn4c3CN(C(=O)OC(C)(C)C)CC4)CC2)c1.NC1(c2cccc(Br)c2)CC1.O=C=O. The van der Waals surface area contributed by atoms with Gasteiger partial charge in [0.15, 0.2) is 0 Å². The van der Waals surface area contributed by atoms with Crippen molar-refractivity contribution in [3.63, 3.8) is 0 Å². The van der Waals surface area contributed by atoms with Crippen LogP contribution in [0.25, 0.3) is 0 Å². The molecule has 2 heterocycles. The summed E-state index contributed by atoms with van der Waals surface area (Å²) in [7, 11) is 2.74. The summed E-state index contributed by atoms with van der Waals surface area (Å²) in [5.41, 5.74) is 19.2. The number of halogens is 2. The van der Waals surface area contributed by atoms with Crippen molar-refractivity contribution >= 4 is 73.9 Å². The van der Waals surface area contributed by atoms with E-state index in [1.165, 1.54) is 30.9 Å². The fourth-order valence-corrected chi connectivity index (χ4v) is 11.9. The van der Waals surface area contributed by atoms with Gasteiger partial charge in [-0.3, -0.25) is 19.1 Å². The Kier molecular flexibility index (Phi) is 24.5. The van der Waals surface area contributed by atoms with E-state index in [9.17, 15) is 28.8 Å². The van der Waals surface area contributed by atoms with Gasteiger partial charge < -0.3 is 45.4 Å². The van der Waals surface area contributed by atoms with Crippen LogP contribution >= 0.6 is 31.9 Å². The zero-order valence-corrected chi connectivity index (χ0v) is 60.5. The molecule has 21 heteroatoms. The Morgan fingerprint density at radius 3 is 1.36 bits per heavy atom. The lowest BCUT2D eigenvalue weighted by molar-refractivity contribution is -0.192. The number of rotatable bonds is 13. The first kappa shape index (κ1) is 75.6. The monoisotopic (exact) mass is 1440 g/mol. The molecule has 6 aliphatic rings. The minimum atomic E-state index is -0.554. The molecule has 12 rings (SSSR count). The van der Waals surface area contributed by atoms with Gasteiger partial charge in [-0.2, -0.15) is 14.7 Å². The molecule has 0 radical (unpaired) electrons. The van der Waals surface area contributed by atoms with Crippen LogP contribution in [-0.2, 0) is 83.4 Å². The molecule has 0 bridgehead atoms. The van der Waals surface area contributed by atoms with Gasteiger partial charge in [0.25, 0.3) is 5.91 Å². The van der Waals surface area contributed by atoms with Crippen LogP contribution in [0.1, 0.15) is 210 Å². The molecule has 514 valence electrons. The number of ether oxygens (including phenoxy) is 5. The van der Waals surface area contributed by atoms with Gasteiger partial charge in [0.05, 0.1) is 74.3 Å². The van der Waals surface area contributed by atoms with E-state index < -0.39 is 16.8 Å². The lowest BCUT2D eigenvalue weighted by atomic mass is 9.91. The summed E-state index contributed by atoms with van der Waals surface area (Å²) in [6.45, 7) is 20.3. The number of methoxy groups -OCH3 is 2. The van der Waals surface area contributed by atoms with Crippen LogP contribution in [-0.4, -0.2) is 94.3 Å². The molecule has 0 atom stereocenters. The predicted octanol–water partition coefficient (Wildman–Crippen LogP) is 14.0. The van der Waals surface area contributed by atoms with Crippen LogP contribution in [0.3, 0.4) is 0 Å². The van der Waals surface area contributed by atoms with E-state index >= 15 is 0 Å². The summed E-state index contributed by atoms with van der Waals surface area (Å²) < 4.78 is 29.7. The number of hydrogen-bond acceptors (Lipinski definition) is 16. The molecule has 6 aromatic rings. The highest BCUT2D eigenvalue weighted by Crippen LogP contribution is 2.53. The molecule has 19 nitrogen and oxygen atoms in total. The highest BCUT2D eigenvalue weighted by Gasteiger charge is 2.49. The molecule has 0 saturated heterocycles. The second-order valence-corrected chi connectivity index (χ2v) is 30.5. The fraction of sp³-hybridized carbons (Fsp3) is 0.467. The molecule has 1 aliphatic heterocycles. The second kappa shape index (κ2) is 31.2. The van der Waals surface area contributed by atoms with Crippen molar-refractivity contribution in [3.8, 4) is 0 Å². The largest absolute Gasteiger partial charge is 0.465 e. The van der Waals surface area contributed by atoms with Gasteiger partial charge in [-0.1, -0.05) is 110 Å². The minimum Gasteiger partial charge on any atom is -0.465 e. The van der Waals surface area contributed by atoms with Crippen LogP contribution in [0, 0.1) is 6.92 Å². The quantitative estimate of drug-likeness (QED) is 0.0716. The normalized spacial score (nSPS) is 17.0.